The molecule has 4 aromatic rings. The van der Waals surface area contributed by atoms with Crippen molar-refractivity contribution in [2.45, 2.75) is 18.6 Å². The van der Waals surface area contributed by atoms with Gasteiger partial charge in [-0.2, -0.15) is 0 Å². The minimum absolute atomic E-state index is 0.122. The number of aryl methyl sites for hydroxylation is 1. The minimum Gasteiger partial charge on any atom is -0.351 e. The van der Waals surface area contributed by atoms with Crippen LogP contribution in [0.5, 0.6) is 0 Å². The first-order chi connectivity index (χ1) is 14.5. The average Bonchev–Trinajstić information content (AvgIpc) is 3.22. The van der Waals surface area contributed by atoms with Gasteiger partial charge >= 0.3 is 0 Å². The lowest BCUT2D eigenvalue weighted by molar-refractivity contribution is -0.118. The zero-order valence-electron chi connectivity index (χ0n) is 16.1. The van der Waals surface area contributed by atoms with Crippen LogP contribution < -0.4 is 10.9 Å². The Kier molecular flexibility index (Phi) is 6.22. The number of benzene rings is 2. The summed E-state index contributed by atoms with van der Waals surface area (Å²) in [4.78, 5) is 30.1. The lowest BCUT2D eigenvalue weighted by atomic mass is 10.1. The number of thiophene rings is 1. The normalized spacial score (nSPS) is 11.0. The van der Waals surface area contributed by atoms with E-state index in [-0.39, 0.29) is 17.2 Å². The van der Waals surface area contributed by atoms with Crippen molar-refractivity contribution in [2.75, 3.05) is 5.75 Å². The molecular formula is C22H18ClN3O2S2. The lowest BCUT2D eigenvalue weighted by Gasteiger charge is -2.12. The lowest BCUT2D eigenvalue weighted by Crippen LogP contribution is -2.26. The van der Waals surface area contributed by atoms with Crippen LogP contribution in [0.25, 0.3) is 15.9 Å². The second kappa shape index (κ2) is 9.04. The van der Waals surface area contributed by atoms with Gasteiger partial charge in [-0.3, -0.25) is 14.2 Å². The van der Waals surface area contributed by atoms with E-state index in [1.165, 1.54) is 33.2 Å². The van der Waals surface area contributed by atoms with Crippen LogP contribution in [0.2, 0.25) is 5.02 Å². The zero-order valence-corrected chi connectivity index (χ0v) is 18.5. The molecule has 5 nitrogen and oxygen atoms in total. The van der Waals surface area contributed by atoms with Crippen molar-refractivity contribution in [2.24, 2.45) is 0 Å². The molecule has 152 valence electrons. The standard InChI is InChI=1S/C22H18ClN3O2S2/c1-14-2-4-15(5-3-14)12-24-19(27)13-30-22-25-18-10-11-29-20(18)21(28)26(22)17-8-6-16(23)7-9-17/h2-11H,12-13H2,1H3,(H,24,27). The second-order valence-corrected chi connectivity index (χ2v) is 8.99. The Bertz CT molecular complexity index is 1250. The topological polar surface area (TPSA) is 64.0 Å². The van der Waals surface area contributed by atoms with Crippen molar-refractivity contribution in [3.63, 3.8) is 0 Å². The summed E-state index contributed by atoms with van der Waals surface area (Å²) in [5.41, 5.74) is 3.36. The van der Waals surface area contributed by atoms with Crippen LogP contribution in [0.15, 0.2) is 69.9 Å². The molecule has 0 saturated heterocycles. The van der Waals surface area contributed by atoms with Crippen molar-refractivity contribution in [1.29, 1.82) is 0 Å². The summed E-state index contributed by atoms with van der Waals surface area (Å²) in [5.74, 6) is 0.0320. The van der Waals surface area contributed by atoms with Crippen molar-refractivity contribution in [1.82, 2.24) is 14.9 Å². The molecule has 1 amide bonds. The van der Waals surface area contributed by atoms with Gasteiger partial charge in [0, 0.05) is 11.6 Å². The van der Waals surface area contributed by atoms with Gasteiger partial charge in [-0.25, -0.2) is 4.98 Å². The summed E-state index contributed by atoms with van der Waals surface area (Å²) in [6, 6.07) is 16.8. The molecule has 0 aliphatic heterocycles. The number of hydrogen-bond donors (Lipinski definition) is 1. The maximum absolute atomic E-state index is 13.1. The van der Waals surface area contributed by atoms with E-state index in [4.69, 9.17) is 11.6 Å². The van der Waals surface area contributed by atoms with Crippen LogP contribution in [0.1, 0.15) is 11.1 Å². The molecule has 4 rings (SSSR count). The highest BCUT2D eigenvalue weighted by molar-refractivity contribution is 7.99. The Hall–Kier alpha value is -2.61. The van der Waals surface area contributed by atoms with E-state index in [1.54, 1.807) is 24.3 Å². The summed E-state index contributed by atoms with van der Waals surface area (Å²) < 4.78 is 2.12. The van der Waals surface area contributed by atoms with Gasteiger partial charge in [0.05, 0.1) is 17.0 Å². The van der Waals surface area contributed by atoms with E-state index in [2.05, 4.69) is 10.3 Å². The Morgan fingerprint density at radius 1 is 1.13 bits per heavy atom. The monoisotopic (exact) mass is 455 g/mol. The molecule has 0 aliphatic rings. The van der Waals surface area contributed by atoms with Crippen molar-refractivity contribution >= 4 is 50.8 Å². The number of aromatic nitrogens is 2. The molecule has 0 saturated carbocycles. The maximum Gasteiger partial charge on any atom is 0.276 e. The summed E-state index contributed by atoms with van der Waals surface area (Å²) in [6.07, 6.45) is 0. The molecule has 2 aromatic heterocycles. The molecule has 8 heteroatoms. The van der Waals surface area contributed by atoms with E-state index in [0.29, 0.717) is 32.6 Å². The van der Waals surface area contributed by atoms with Gasteiger partial charge in [-0.05, 0) is 48.2 Å². The fraction of sp³-hybridized carbons (Fsp3) is 0.136. The third-order valence-corrected chi connectivity index (χ3v) is 6.56. The quantitative estimate of drug-likeness (QED) is 0.334. The first-order valence-electron chi connectivity index (χ1n) is 9.22. The highest BCUT2D eigenvalue weighted by Crippen LogP contribution is 2.24. The van der Waals surface area contributed by atoms with Gasteiger partial charge in [0.2, 0.25) is 5.91 Å². The van der Waals surface area contributed by atoms with Gasteiger partial charge in [0.25, 0.3) is 5.56 Å². The SMILES string of the molecule is Cc1ccc(CNC(=O)CSc2nc3ccsc3c(=O)n2-c2ccc(Cl)cc2)cc1. The van der Waals surface area contributed by atoms with E-state index in [9.17, 15) is 9.59 Å². The molecule has 0 bridgehead atoms. The number of carbonyl (C=O) groups excluding carboxylic acids is 1. The van der Waals surface area contributed by atoms with E-state index in [0.717, 1.165) is 5.56 Å². The first-order valence-corrected chi connectivity index (χ1v) is 11.5. The van der Waals surface area contributed by atoms with Crippen molar-refractivity contribution in [3.8, 4) is 5.69 Å². The van der Waals surface area contributed by atoms with Gasteiger partial charge in [-0.15, -0.1) is 11.3 Å². The smallest absolute Gasteiger partial charge is 0.276 e. The zero-order chi connectivity index (χ0) is 21.1. The molecule has 0 aliphatic carbocycles. The van der Waals surface area contributed by atoms with Crippen LogP contribution in [-0.2, 0) is 11.3 Å². The van der Waals surface area contributed by atoms with Gasteiger partial charge in [0.1, 0.15) is 4.70 Å². The minimum atomic E-state index is -0.153. The fourth-order valence-corrected chi connectivity index (χ4v) is 4.62. The molecule has 0 spiro atoms. The number of thioether (sulfide) groups is 1. The molecule has 0 radical (unpaired) electrons. The summed E-state index contributed by atoms with van der Waals surface area (Å²) in [5, 5.41) is 5.81. The van der Waals surface area contributed by atoms with Gasteiger partial charge in [0.15, 0.2) is 5.16 Å². The van der Waals surface area contributed by atoms with Crippen molar-refractivity contribution < 1.29 is 4.79 Å². The number of nitrogens with zero attached hydrogens (tertiary/aromatic N) is 2. The number of carbonyl (C=O) groups is 1. The molecule has 0 atom stereocenters. The van der Waals surface area contributed by atoms with E-state index < -0.39 is 0 Å². The van der Waals surface area contributed by atoms with Crippen LogP contribution in [0, 0.1) is 6.92 Å². The Morgan fingerprint density at radius 3 is 2.60 bits per heavy atom. The van der Waals surface area contributed by atoms with Crippen LogP contribution in [0.4, 0.5) is 0 Å². The summed E-state index contributed by atoms with van der Waals surface area (Å²) >= 11 is 8.58. The number of nitrogens with one attached hydrogen (secondary N) is 1. The number of hydrogen-bond acceptors (Lipinski definition) is 5. The third-order valence-electron chi connectivity index (χ3n) is 4.48. The number of halogens is 1. The molecule has 1 N–H and O–H groups in total. The third kappa shape index (κ3) is 4.59. The predicted octanol–water partition coefficient (Wildman–Crippen LogP) is 4.82. The summed E-state index contributed by atoms with van der Waals surface area (Å²) in [6.45, 7) is 2.48. The van der Waals surface area contributed by atoms with Gasteiger partial charge in [-0.1, -0.05) is 53.2 Å². The molecule has 2 heterocycles. The Labute approximate surface area is 186 Å². The summed E-state index contributed by atoms with van der Waals surface area (Å²) in [7, 11) is 0. The first kappa shape index (κ1) is 20.7. The number of fused-ring (bicyclic) bond motifs is 1. The van der Waals surface area contributed by atoms with E-state index >= 15 is 0 Å². The van der Waals surface area contributed by atoms with Gasteiger partial charge < -0.3 is 5.32 Å². The highest BCUT2D eigenvalue weighted by atomic mass is 35.5. The number of amides is 1. The molecular weight excluding hydrogens is 438 g/mol. The average molecular weight is 456 g/mol. The van der Waals surface area contributed by atoms with Crippen molar-refractivity contribution in [3.05, 3.63) is 86.5 Å². The van der Waals surface area contributed by atoms with E-state index in [1.807, 2.05) is 42.6 Å². The predicted molar refractivity (Wildman–Crippen MR) is 124 cm³/mol. The second-order valence-electron chi connectivity index (χ2n) is 6.70. The molecule has 30 heavy (non-hydrogen) atoms. The maximum atomic E-state index is 13.1. The Morgan fingerprint density at radius 2 is 1.87 bits per heavy atom. The van der Waals surface area contributed by atoms with Crippen LogP contribution in [0.3, 0.4) is 0 Å². The van der Waals surface area contributed by atoms with Crippen LogP contribution in [-0.4, -0.2) is 21.2 Å². The molecule has 0 fully saturated rings. The Balaban J connectivity index is 1.55. The molecule has 2 aromatic carbocycles. The highest BCUT2D eigenvalue weighted by Gasteiger charge is 2.15. The van der Waals surface area contributed by atoms with Crippen LogP contribution >= 0.6 is 34.7 Å². The largest absolute Gasteiger partial charge is 0.351 e. The number of rotatable bonds is 6. The fourth-order valence-electron chi connectivity index (χ4n) is 2.89. The molecule has 0 unspecified atom stereocenters.